The van der Waals surface area contributed by atoms with Gasteiger partial charge in [0.2, 0.25) is 0 Å². The van der Waals surface area contributed by atoms with E-state index >= 15 is 0 Å². The van der Waals surface area contributed by atoms with Gasteiger partial charge in [-0.3, -0.25) is 0 Å². The van der Waals surface area contributed by atoms with Gasteiger partial charge in [0.25, 0.3) is 0 Å². The minimum atomic E-state index is -0.941. The third kappa shape index (κ3) is 2.98. The molecule has 3 rings (SSSR count). The molecule has 0 aliphatic rings. The molecule has 0 amide bonds. The second-order valence-corrected chi connectivity index (χ2v) is 6.83. The van der Waals surface area contributed by atoms with Crippen LogP contribution in [0.5, 0.6) is 0 Å². The Labute approximate surface area is 140 Å². The highest BCUT2D eigenvalue weighted by Crippen LogP contribution is 2.35. The molecule has 0 heterocycles. The van der Waals surface area contributed by atoms with Gasteiger partial charge in [0.15, 0.2) is 0 Å². The van der Waals surface area contributed by atoms with Crippen LogP contribution in [0.2, 0.25) is 10.0 Å². The molecule has 112 valence electrons. The zero-order chi connectivity index (χ0) is 15.9. The highest BCUT2D eigenvalue weighted by Gasteiger charge is 2.21. The molecule has 1 nitrogen and oxygen atoms in total. The van der Waals surface area contributed by atoms with Crippen molar-refractivity contribution in [3.05, 3.63) is 70.2 Å². The van der Waals surface area contributed by atoms with Gasteiger partial charge in [-0.25, -0.2) is 0 Å². The van der Waals surface area contributed by atoms with E-state index in [-0.39, 0.29) is 0 Å². The third-order valence-corrected chi connectivity index (χ3v) is 4.22. The molecule has 1 N–H and O–H groups in total. The van der Waals surface area contributed by atoms with Gasteiger partial charge in [-0.2, -0.15) is 0 Å². The van der Waals surface area contributed by atoms with Crippen molar-refractivity contribution in [1.82, 2.24) is 0 Å². The molecule has 0 bridgehead atoms. The molecule has 0 radical (unpaired) electrons. The predicted octanol–water partition coefficient (Wildman–Crippen LogP) is 6.04. The van der Waals surface area contributed by atoms with Gasteiger partial charge in [-0.05, 0) is 71.6 Å². The van der Waals surface area contributed by atoms with Crippen LogP contribution in [0.25, 0.3) is 21.9 Å². The quantitative estimate of drug-likeness (QED) is 0.607. The van der Waals surface area contributed by atoms with Crippen LogP contribution in [0.15, 0.2) is 54.6 Å². The Hall–Kier alpha value is -1.54. The summed E-state index contributed by atoms with van der Waals surface area (Å²) >= 11 is 12.2. The topological polar surface area (TPSA) is 20.2 Å². The first kappa shape index (κ1) is 15.4. The van der Waals surface area contributed by atoms with Crippen LogP contribution >= 0.6 is 23.2 Å². The Morgan fingerprint density at radius 2 is 1.41 bits per heavy atom. The molecule has 0 atom stereocenters. The summed E-state index contributed by atoms with van der Waals surface area (Å²) in [7, 11) is 0. The molecule has 3 heteroatoms. The number of rotatable bonds is 2. The summed E-state index contributed by atoms with van der Waals surface area (Å²) in [6.07, 6.45) is 0. The fourth-order valence-electron chi connectivity index (χ4n) is 2.67. The van der Waals surface area contributed by atoms with E-state index in [4.69, 9.17) is 23.2 Å². The fraction of sp³-hybridized carbons (Fsp3) is 0.158. The first-order valence-electron chi connectivity index (χ1n) is 7.07. The van der Waals surface area contributed by atoms with Crippen LogP contribution in [0.4, 0.5) is 0 Å². The molecule has 0 aliphatic heterocycles. The summed E-state index contributed by atoms with van der Waals surface area (Å²) in [5, 5.41) is 14.0. The van der Waals surface area contributed by atoms with Crippen molar-refractivity contribution in [1.29, 1.82) is 0 Å². The highest BCUT2D eigenvalue weighted by molar-refractivity contribution is 6.31. The lowest BCUT2D eigenvalue weighted by Gasteiger charge is -2.22. The summed E-state index contributed by atoms with van der Waals surface area (Å²) in [5.74, 6) is 0. The SMILES string of the molecule is CC(C)(O)c1ccc(Cl)cc1-c1ccc2ccc(Cl)cc2c1. The molecule has 3 aromatic rings. The number of hydrogen-bond acceptors (Lipinski definition) is 1. The minimum absolute atomic E-state index is 0.647. The predicted molar refractivity (Wildman–Crippen MR) is 94.6 cm³/mol. The maximum atomic E-state index is 10.4. The molecule has 0 aliphatic carbocycles. The minimum Gasteiger partial charge on any atom is -0.386 e. The van der Waals surface area contributed by atoms with Gasteiger partial charge in [-0.15, -0.1) is 0 Å². The van der Waals surface area contributed by atoms with Crippen molar-refractivity contribution < 1.29 is 5.11 Å². The largest absolute Gasteiger partial charge is 0.386 e. The average Bonchev–Trinajstić information content (AvgIpc) is 2.45. The summed E-state index contributed by atoms with van der Waals surface area (Å²) < 4.78 is 0. The lowest BCUT2D eigenvalue weighted by Crippen LogP contribution is -2.16. The molecule has 0 unspecified atom stereocenters. The lowest BCUT2D eigenvalue weighted by atomic mass is 9.89. The number of benzene rings is 3. The molecule has 0 saturated carbocycles. The second kappa shape index (κ2) is 5.58. The molecular formula is C19H16Cl2O. The first-order chi connectivity index (χ1) is 10.3. The lowest BCUT2D eigenvalue weighted by molar-refractivity contribution is 0.0792. The van der Waals surface area contributed by atoms with Gasteiger partial charge in [0.1, 0.15) is 0 Å². The van der Waals surface area contributed by atoms with E-state index < -0.39 is 5.60 Å². The van der Waals surface area contributed by atoms with Gasteiger partial charge >= 0.3 is 0 Å². The number of fused-ring (bicyclic) bond motifs is 1. The maximum Gasteiger partial charge on any atom is 0.0846 e. The number of aliphatic hydroxyl groups is 1. The Kier molecular flexibility index (Phi) is 3.90. The van der Waals surface area contributed by atoms with E-state index in [1.54, 1.807) is 19.9 Å². The van der Waals surface area contributed by atoms with Crippen LogP contribution < -0.4 is 0 Å². The van der Waals surface area contributed by atoms with Crippen molar-refractivity contribution in [3.8, 4) is 11.1 Å². The molecule has 0 spiro atoms. The molecule has 3 aromatic carbocycles. The van der Waals surface area contributed by atoms with E-state index in [9.17, 15) is 5.11 Å². The monoisotopic (exact) mass is 330 g/mol. The van der Waals surface area contributed by atoms with Crippen molar-refractivity contribution >= 4 is 34.0 Å². The van der Waals surface area contributed by atoms with Gasteiger partial charge in [0.05, 0.1) is 5.60 Å². The summed E-state index contributed by atoms with van der Waals surface area (Å²) in [4.78, 5) is 0. The molecule has 0 aromatic heterocycles. The van der Waals surface area contributed by atoms with E-state index in [1.165, 1.54) is 0 Å². The summed E-state index contributed by atoms with van der Waals surface area (Å²) in [6, 6.07) is 17.5. The Balaban J connectivity index is 2.24. The van der Waals surface area contributed by atoms with Crippen molar-refractivity contribution in [2.24, 2.45) is 0 Å². The van der Waals surface area contributed by atoms with Crippen LogP contribution in [0.3, 0.4) is 0 Å². The van der Waals surface area contributed by atoms with Crippen molar-refractivity contribution in [2.75, 3.05) is 0 Å². The molecule has 0 fully saturated rings. The number of hydrogen-bond donors (Lipinski definition) is 1. The Bertz CT molecular complexity index is 848. The van der Waals surface area contributed by atoms with E-state index in [0.717, 1.165) is 27.5 Å². The maximum absolute atomic E-state index is 10.4. The zero-order valence-corrected chi connectivity index (χ0v) is 13.9. The van der Waals surface area contributed by atoms with Crippen LogP contribution in [0, 0.1) is 0 Å². The highest BCUT2D eigenvalue weighted by atomic mass is 35.5. The average molecular weight is 331 g/mol. The first-order valence-corrected chi connectivity index (χ1v) is 7.82. The zero-order valence-electron chi connectivity index (χ0n) is 12.4. The summed E-state index contributed by atoms with van der Waals surface area (Å²) in [6.45, 7) is 3.55. The van der Waals surface area contributed by atoms with E-state index in [2.05, 4.69) is 12.1 Å². The molecular weight excluding hydrogens is 315 g/mol. The van der Waals surface area contributed by atoms with Crippen LogP contribution in [-0.2, 0) is 5.60 Å². The van der Waals surface area contributed by atoms with Crippen LogP contribution in [0.1, 0.15) is 19.4 Å². The Morgan fingerprint density at radius 3 is 2.14 bits per heavy atom. The summed E-state index contributed by atoms with van der Waals surface area (Å²) in [5.41, 5.74) is 1.85. The third-order valence-electron chi connectivity index (χ3n) is 3.75. The normalized spacial score (nSPS) is 11.9. The van der Waals surface area contributed by atoms with Crippen molar-refractivity contribution in [2.45, 2.75) is 19.4 Å². The van der Waals surface area contributed by atoms with E-state index in [0.29, 0.717) is 10.0 Å². The van der Waals surface area contributed by atoms with Crippen molar-refractivity contribution in [3.63, 3.8) is 0 Å². The van der Waals surface area contributed by atoms with E-state index in [1.807, 2.05) is 36.4 Å². The molecule has 0 saturated heterocycles. The molecule has 22 heavy (non-hydrogen) atoms. The van der Waals surface area contributed by atoms with Gasteiger partial charge < -0.3 is 5.11 Å². The van der Waals surface area contributed by atoms with Gasteiger partial charge in [-0.1, -0.05) is 47.5 Å². The van der Waals surface area contributed by atoms with Crippen LogP contribution in [-0.4, -0.2) is 5.11 Å². The Morgan fingerprint density at radius 1 is 0.773 bits per heavy atom. The number of halogens is 2. The second-order valence-electron chi connectivity index (χ2n) is 5.96. The standard InChI is InChI=1S/C19H16Cl2O/c1-19(2,22)18-8-7-16(21)11-17(18)13-4-3-12-5-6-15(20)10-14(12)9-13/h3-11,22H,1-2H3. The smallest absolute Gasteiger partial charge is 0.0846 e. The fourth-order valence-corrected chi connectivity index (χ4v) is 3.03. The van der Waals surface area contributed by atoms with Gasteiger partial charge in [0, 0.05) is 10.0 Å².